The summed E-state index contributed by atoms with van der Waals surface area (Å²) in [6.45, 7) is 6.79. The number of aromatic nitrogens is 2. The topological polar surface area (TPSA) is 50.2 Å². The van der Waals surface area contributed by atoms with Crippen LogP contribution in [-0.2, 0) is 11.3 Å². The number of hydrogen-bond donors (Lipinski definition) is 1. The van der Waals surface area contributed by atoms with Crippen molar-refractivity contribution < 1.29 is 4.79 Å². The van der Waals surface area contributed by atoms with Crippen LogP contribution in [-0.4, -0.2) is 33.7 Å². The highest BCUT2D eigenvalue weighted by molar-refractivity contribution is 5.92. The minimum Gasteiger partial charge on any atom is -0.326 e. The van der Waals surface area contributed by atoms with E-state index in [0.717, 1.165) is 55.2 Å². The SMILES string of the molecule is Cc1cc(C)n(-c2ccc(CN3CCCC(C(=O)Nc4ccccc4)C3)cc2)n1. The van der Waals surface area contributed by atoms with Gasteiger partial charge in [0.1, 0.15) is 0 Å². The molecular formula is C24H28N4O. The molecule has 0 bridgehead atoms. The van der Waals surface area contributed by atoms with Crippen LogP contribution < -0.4 is 5.32 Å². The molecule has 2 heterocycles. The molecule has 1 aromatic heterocycles. The molecule has 4 rings (SSSR count). The largest absolute Gasteiger partial charge is 0.326 e. The maximum absolute atomic E-state index is 12.7. The van der Waals surface area contributed by atoms with Gasteiger partial charge in [-0.15, -0.1) is 0 Å². The minimum absolute atomic E-state index is 0.0397. The van der Waals surface area contributed by atoms with E-state index in [9.17, 15) is 4.79 Å². The predicted octanol–water partition coefficient (Wildman–Crippen LogP) is 4.34. The van der Waals surface area contributed by atoms with Crippen molar-refractivity contribution in [2.24, 2.45) is 5.92 Å². The summed E-state index contributed by atoms with van der Waals surface area (Å²) in [5.74, 6) is 0.165. The summed E-state index contributed by atoms with van der Waals surface area (Å²) >= 11 is 0. The summed E-state index contributed by atoms with van der Waals surface area (Å²) in [4.78, 5) is 15.0. The molecule has 5 nitrogen and oxygen atoms in total. The number of nitrogens with one attached hydrogen (secondary N) is 1. The van der Waals surface area contributed by atoms with Crippen LogP contribution >= 0.6 is 0 Å². The van der Waals surface area contributed by atoms with Crippen LogP contribution in [0, 0.1) is 19.8 Å². The Bertz CT molecular complexity index is 962. The second-order valence-electron chi connectivity index (χ2n) is 7.93. The summed E-state index contributed by atoms with van der Waals surface area (Å²) in [6, 6.07) is 20.4. The third-order valence-electron chi connectivity index (χ3n) is 5.51. The van der Waals surface area contributed by atoms with E-state index < -0.39 is 0 Å². The quantitative estimate of drug-likeness (QED) is 0.707. The smallest absolute Gasteiger partial charge is 0.228 e. The fourth-order valence-electron chi connectivity index (χ4n) is 4.07. The van der Waals surface area contributed by atoms with Gasteiger partial charge in [-0.2, -0.15) is 5.10 Å². The summed E-state index contributed by atoms with van der Waals surface area (Å²) in [7, 11) is 0. The lowest BCUT2D eigenvalue weighted by atomic mass is 9.96. The highest BCUT2D eigenvalue weighted by Crippen LogP contribution is 2.21. The first kappa shape index (κ1) is 19.4. The van der Waals surface area contributed by atoms with Crippen LogP contribution in [0.25, 0.3) is 5.69 Å². The first-order chi connectivity index (χ1) is 14.1. The van der Waals surface area contributed by atoms with Gasteiger partial charge in [-0.25, -0.2) is 4.68 Å². The molecule has 2 aromatic carbocycles. The first-order valence-electron chi connectivity index (χ1n) is 10.3. The van der Waals surface area contributed by atoms with Crippen LogP contribution in [0.5, 0.6) is 0 Å². The van der Waals surface area contributed by atoms with E-state index in [1.54, 1.807) is 0 Å². The molecular weight excluding hydrogens is 360 g/mol. The highest BCUT2D eigenvalue weighted by atomic mass is 16.1. The average Bonchev–Trinajstić information content (AvgIpc) is 3.07. The van der Waals surface area contributed by atoms with Crippen LogP contribution in [0.15, 0.2) is 60.7 Å². The second kappa shape index (κ2) is 8.62. The lowest BCUT2D eigenvalue weighted by Gasteiger charge is -2.32. The van der Waals surface area contributed by atoms with Crippen molar-refractivity contribution in [3.8, 4) is 5.69 Å². The Balaban J connectivity index is 1.36. The molecule has 1 atom stereocenters. The lowest BCUT2D eigenvalue weighted by Crippen LogP contribution is -2.40. The number of piperidine rings is 1. The van der Waals surface area contributed by atoms with Crippen LogP contribution in [0.1, 0.15) is 29.8 Å². The van der Waals surface area contributed by atoms with Gasteiger partial charge in [0.15, 0.2) is 0 Å². The number of carbonyl (C=O) groups excluding carboxylic acids is 1. The van der Waals surface area contributed by atoms with E-state index in [0.29, 0.717) is 0 Å². The summed E-state index contributed by atoms with van der Waals surface area (Å²) in [5.41, 5.74) is 5.38. The van der Waals surface area contributed by atoms with Gasteiger partial charge in [-0.1, -0.05) is 30.3 Å². The van der Waals surface area contributed by atoms with E-state index in [1.165, 1.54) is 5.56 Å². The zero-order valence-electron chi connectivity index (χ0n) is 17.1. The monoisotopic (exact) mass is 388 g/mol. The average molecular weight is 389 g/mol. The molecule has 0 aliphatic carbocycles. The third kappa shape index (κ3) is 4.74. The number of aryl methyl sites for hydroxylation is 2. The highest BCUT2D eigenvalue weighted by Gasteiger charge is 2.25. The maximum Gasteiger partial charge on any atom is 0.228 e. The molecule has 1 aliphatic heterocycles. The third-order valence-corrected chi connectivity index (χ3v) is 5.51. The molecule has 1 unspecified atom stereocenters. The van der Waals surface area contributed by atoms with Gasteiger partial charge in [-0.3, -0.25) is 9.69 Å². The Kier molecular flexibility index (Phi) is 5.76. The van der Waals surface area contributed by atoms with E-state index in [-0.39, 0.29) is 11.8 Å². The van der Waals surface area contributed by atoms with Crippen molar-refractivity contribution in [2.45, 2.75) is 33.2 Å². The number of amides is 1. The number of rotatable bonds is 5. The Morgan fingerprint density at radius 3 is 2.55 bits per heavy atom. The summed E-state index contributed by atoms with van der Waals surface area (Å²) in [6.07, 6.45) is 2.00. The number of nitrogens with zero attached hydrogens (tertiary/aromatic N) is 3. The Morgan fingerprint density at radius 2 is 1.86 bits per heavy atom. The fourth-order valence-corrected chi connectivity index (χ4v) is 4.07. The number of anilines is 1. The van der Waals surface area contributed by atoms with Gasteiger partial charge in [0, 0.05) is 24.5 Å². The number of benzene rings is 2. The van der Waals surface area contributed by atoms with Crippen LogP contribution in [0.2, 0.25) is 0 Å². The van der Waals surface area contributed by atoms with E-state index in [4.69, 9.17) is 0 Å². The van der Waals surface area contributed by atoms with Crippen molar-refractivity contribution in [3.05, 3.63) is 77.6 Å². The Labute approximate surface area is 172 Å². The molecule has 1 saturated heterocycles. The molecule has 1 fully saturated rings. The zero-order valence-corrected chi connectivity index (χ0v) is 17.1. The molecule has 150 valence electrons. The van der Waals surface area contributed by atoms with Crippen molar-refractivity contribution in [1.82, 2.24) is 14.7 Å². The zero-order chi connectivity index (χ0) is 20.2. The molecule has 0 radical (unpaired) electrons. The molecule has 1 N–H and O–H groups in total. The molecule has 29 heavy (non-hydrogen) atoms. The lowest BCUT2D eigenvalue weighted by molar-refractivity contribution is -0.121. The van der Waals surface area contributed by atoms with Gasteiger partial charge < -0.3 is 5.32 Å². The summed E-state index contributed by atoms with van der Waals surface area (Å²) < 4.78 is 1.98. The number of hydrogen-bond acceptors (Lipinski definition) is 3. The van der Waals surface area contributed by atoms with Gasteiger partial charge in [0.05, 0.1) is 17.3 Å². The van der Waals surface area contributed by atoms with Crippen molar-refractivity contribution in [1.29, 1.82) is 0 Å². The molecule has 1 amide bonds. The Hall–Kier alpha value is -2.92. The predicted molar refractivity (Wildman–Crippen MR) is 116 cm³/mol. The van der Waals surface area contributed by atoms with Gasteiger partial charge >= 0.3 is 0 Å². The second-order valence-corrected chi connectivity index (χ2v) is 7.93. The van der Waals surface area contributed by atoms with Crippen molar-refractivity contribution in [3.63, 3.8) is 0 Å². The van der Waals surface area contributed by atoms with E-state index >= 15 is 0 Å². The molecule has 5 heteroatoms. The maximum atomic E-state index is 12.7. The van der Waals surface area contributed by atoms with Crippen molar-refractivity contribution >= 4 is 11.6 Å². The molecule has 0 spiro atoms. The molecule has 1 aliphatic rings. The van der Waals surface area contributed by atoms with Crippen LogP contribution in [0.4, 0.5) is 5.69 Å². The van der Waals surface area contributed by atoms with Crippen molar-refractivity contribution in [2.75, 3.05) is 18.4 Å². The minimum atomic E-state index is 0.0397. The standard InChI is InChI=1S/C24H28N4O/c1-18-15-19(2)28(26-18)23-12-10-20(11-13-23)16-27-14-6-7-21(17-27)24(29)25-22-8-4-3-5-9-22/h3-5,8-13,15,21H,6-7,14,16-17H2,1-2H3,(H,25,29). The number of carbonyl (C=O) groups is 1. The van der Waals surface area contributed by atoms with E-state index in [2.05, 4.69) is 52.6 Å². The van der Waals surface area contributed by atoms with Gasteiger partial charge in [0.2, 0.25) is 5.91 Å². The first-order valence-corrected chi connectivity index (χ1v) is 10.3. The van der Waals surface area contributed by atoms with E-state index in [1.807, 2.05) is 41.9 Å². The van der Waals surface area contributed by atoms with Gasteiger partial charge in [-0.05, 0) is 69.1 Å². The normalized spacial score (nSPS) is 17.2. The molecule has 3 aromatic rings. The number of para-hydroxylation sites is 1. The Morgan fingerprint density at radius 1 is 1.10 bits per heavy atom. The van der Waals surface area contributed by atoms with Gasteiger partial charge in [0.25, 0.3) is 0 Å². The fraction of sp³-hybridized carbons (Fsp3) is 0.333. The number of likely N-dealkylation sites (tertiary alicyclic amines) is 1. The van der Waals surface area contributed by atoms with Crippen LogP contribution in [0.3, 0.4) is 0 Å². The molecule has 0 saturated carbocycles. The summed E-state index contributed by atoms with van der Waals surface area (Å²) in [5, 5.41) is 7.60.